The summed E-state index contributed by atoms with van der Waals surface area (Å²) >= 11 is 0. The van der Waals surface area contributed by atoms with Crippen LogP contribution in [-0.2, 0) is 6.42 Å². The number of pyridine rings is 1. The van der Waals surface area contributed by atoms with Gasteiger partial charge in [0.05, 0.1) is 18.3 Å². The molecular weight excluding hydrogens is 360 g/mol. The zero-order valence-electron chi connectivity index (χ0n) is 17.8. The Labute approximate surface area is 173 Å². The van der Waals surface area contributed by atoms with E-state index in [1.54, 1.807) is 7.11 Å². The van der Waals surface area contributed by atoms with Gasteiger partial charge in [-0.05, 0) is 68.4 Å². The normalized spacial score (nSPS) is 15.0. The summed E-state index contributed by atoms with van der Waals surface area (Å²) in [5.41, 5.74) is 6.80. The Hall–Kier alpha value is -2.79. The Morgan fingerprint density at radius 1 is 1.03 bits per heavy atom. The monoisotopic (exact) mass is 390 g/mol. The van der Waals surface area contributed by atoms with E-state index < -0.39 is 0 Å². The standard InChI is InChI=1S/C24H30N4O/c1-5-21-17(2)25-23-11-10-20(29-4)16-22(23)24(21)26-18-6-8-19(9-7-18)28-14-12-27(3)13-15-28/h6-11,16H,5,12-15H2,1-4H3,(H,25,26). The van der Waals surface area contributed by atoms with Gasteiger partial charge in [-0.25, -0.2) is 0 Å². The van der Waals surface area contributed by atoms with Crippen LogP contribution < -0.4 is 15.0 Å². The summed E-state index contributed by atoms with van der Waals surface area (Å²) < 4.78 is 5.46. The molecule has 152 valence electrons. The molecule has 1 aliphatic rings. The minimum absolute atomic E-state index is 0.846. The average Bonchev–Trinajstić information content (AvgIpc) is 2.75. The Morgan fingerprint density at radius 3 is 2.41 bits per heavy atom. The van der Waals surface area contributed by atoms with Crippen LogP contribution in [0.1, 0.15) is 18.2 Å². The highest BCUT2D eigenvalue weighted by Gasteiger charge is 2.15. The maximum Gasteiger partial charge on any atom is 0.119 e. The largest absolute Gasteiger partial charge is 0.497 e. The van der Waals surface area contributed by atoms with Gasteiger partial charge in [-0.1, -0.05) is 6.92 Å². The highest BCUT2D eigenvalue weighted by atomic mass is 16.5. The molecule has 2 aromatic carbocycles. The molecule has 0 spiro atoms. The fraction of sp³-hybridized carbons (Fsp3) is 0.375. The zero-order chi connectivity index (χ0) is 20.4. The smallest absolute Gasteiger partial charge is 0.119 e. The molecule has 0 saturated carbocycles. The number of likely N-dealkylation sites (N-methyl/N-ethyl adjacent to an activating group) is 1. The molecule has 29 heavy (non-hydrogen) atoms. The average molecular weight is 391 g/mol. The third-order valence-electron chi connectivity index (χ3n) is 5.86. The van der Waals surface area contributed by atoms with Gasteiger partial charge < -0.3 is 19.9 Å². The number of aromatic nitrogens is 1. The van der Waals surface area contributed by atoms with E-state index >= 15 is 0 Å². The van der Waals surface area contributed by atoms with E-state index in [1.807, 2.05) is 12.1 Å². The van der Waals surface area contributed by atoms with Crippen molar-refractivity contribution >= 4 is 28.0 Å². The minimum atomic E-state index is 0.846. The van der Waals surface area contributed by atoms with Crippen molar-refractivity contribution in [1.82, 2.24) is 9.88 Å². The third kappa shape index (κ3) is 4.01. The van der Waals surface area contributed by atoms with Crippen LogP contribution in [0.3, 0.4) is 0 Å². The van der Waals surface area contributed by atoms with E-state index in [0.717, 1.165) is 66.3 Å². The summed E-state index contributed by atoms with van der Waals surface area (Å²) in [5, 5.41) is 4.77. The molecule has 1 aliphatic heterocycles. The van der Waals surface area contributed by atoms with Crippen molar-refractivity contribution in [2.45, 2.75) is 20.3 Å². The summed E-state index contributed by atoms with van der Waals surface area (Å²) in [5.74, 6) is 0.846. The van der Waals surface area contributed by atoms with Crippen LogP contribution in [0.5, 0.6) is 5.75 Å². The van der Waals surface area contributed by atoms with Crippen LogP contribution in [0, 0.1) is 6.92 Å². The molecule has 0 atom stereocenters. The number of nitrogens with one attached hydrogen (secondary N) is 1. The quantitative estimate of drug-likeness (QED) is 0.689. The summed E-state index contributed by atoms with van der Waals surface area (Å²) in [6.45, 7) is 8.66. The van der Waals surface area contributed by atoms with Crippen molar-refractivity contribution in [2.75, 3.05) is 50.6 Å². The molecule has 5 heteroatoms. The van der Waals surface area contributed by atoms with Gasteiger partial charge in [-0.3, -0.25) is 4.98 Å². The number of ether oxygens (including phenoxy) is 1. The van der Waals surface area contributed by atoms with Crippen molar-refractivity contribution in [3.05, 3.63) is 53.7 Å². The molecule has 4 rings (SSSR count). The van der Waals surface area contributed by atoms with Crippen molar-refractivity contribution in [1.29, 1.82) is 0 Å². The number of fused-ring (bicyclic) bond motifs is 1. The lowest BCUT2D eigenvalue weighted by molar-refractivity contribution is 0.313. The summed E-state index contributed by atoms with van der Waals surface area (Å²) in [6, 6.07) is 14.9. The second-order valence-electron chi connectivity index (χ2n) is 7.75. The summed E-state index contributed by atoms with van der Waals surface area (Å²) in [4.78, 5) is 9.63. The molecule has 0 aliphatic carbocycles. The van der Waals surface area contributed by atoms with Gasteiger partial charge in [0.25, 0.3) is 0 Å². The molecule has 3 aromatic rings. The number of anilines is 3. The van der Waals surface area contributed by atoms with E-state index in [0.29, 0.717) is 0 Å². The molecular formula is C24H30N4O. The molecule has 0 amide bonds. The zero-order valence-corrected chi connectivity index (χ0v) is 17.8. The first-order valence-electron chi connectivity index (χ1n) is 10.4. The first-order valence-corrected chi connectivity index (χ1v) is 10.4. The maximum atomic E-state index is 5.46. The lowest BCUT2D eigenvalue weighted by Crippen LogP contribution is -2.44. The van der Waals surface area contributed by atoms with Gasteiger partial charge in [0, 0.05) is 48.6 Å². The first-order chi connectivity index (χ1) is 14.1. The van der Waals surface area contributed by atoms with Gasteiger partial charge in [0.1, 0.15) is 5.75 Å². The number of hydrogen-bond acceptors (Lipinski definition) is 5. The molecule has 1 aromatic heterocycles. The Balaban J connectivity index is 1.66. The van der Waals surface area contributed by atoms with Gasteiger partial charge >= 0.3 is 0 Å². The van der Waals surface area contributed by atoms with Gasteiger partial charge in [-0.15, -0.1) is 0 Å². The first kappa shape index (κ1) is 19.5. The van der Waals surface area contributed by atoms with Crippen LogP contribution in [-0.4, -0.2) is 50.2 Å². The highest BCUT2D eigenvalue weighted by Crippen LogP contribution is 2.34. The predicted octanol–water partition coefficient (Wildman–Crippen LogP) is 4.61. The molecule has 0 bridgehead atoms. The van der Waals surface area contributed by atoms with Crippen molar-refractivity contribution < 1.29 is 4.74 Å². The number of methoxy groups -OCH3 is 1. The fourth-order valence-electron chi connectivity index (χ4n) is 4.07. The molecule has 2 heterocycles. The third-order valence-corrected chi connectivity index (χ3v) is 5.86. The van der Waals surface area contributed by atoms with E-state index in [1.165, 1.54) is 11.3 Å². The van der Waals surface area contributed by atoms with Crippen LogP contribution in [0.15, 0.2) is 42.5 Å². The van der Waals surface area contributed by atoms with Crippen molar-refractivity contribution in [3.8, 4) is 5.75 Å². The number of hydrogen-bond donors (Lipinski definition) is 1. The lowest BCUT2D eigenvalue weighted by atomic mass is 10.0. The van der Waals surface area contributed by atoms with Crippen LogP contribution in [0.25, 0.3) is 10.9 Å². The van der Waals surface area contributed by atoms with E-state index in [4.69, 9.17) is 9.72 Å². The lowest BCUT2D eigenvalue weighted by Gasteiger charge is -2.34. The van der Waals surface area contributed by atoms with E-state index in [-0.39, 0.29) is 0 Å². The summed E-state index contributed by atoms with van der Waals surface area (Å²) in [6.07, 6.45) is 0.924. The summed E-state index contributed by atoms with van der Waals surface area (Å²) in [7, 11) is 3.89. The number of aryl methyl sites for hydroxylation is 1. The number of nitrogens with zero attached hydrogens (tertiary/aromatic N) is 3. The van der Waals surface area contributed by atoms with Crippen LogP contribution in [0.2, 0.25) is 0 Å². The number of benzene rings is 2. The fourth-order valence-corrected chi connectivity index (χ4v) is 4.07. The SMILES string of the molecule is CCc1c(C)nc2ccc(OC)cc2c1Nc1ccc(N2CCN(C)CC2)cc1. The van der Waals surface area contributed by atoms with Gasteiger partial charge in [-0.2, -0.15) is 0 Å². The molecule has 0 radical (unpaired) electrons. The van der Waals surface area contributed by atoms with Crippen LogP contribution >= 0.6 is 0 Å². The van der Waals surface area contributed by atoms with Gasteiger partial charge in [0.15, 0.2) is 0 Å². The second-order valence-corrected chi connectivity index (χ2v) is 7.75. The second kappa shape index (κ2) is 8.29. The molecule has 0 unspecified atom stereocenters. The predicted molar refractivity (Wildman–Crippen MR) is 122 cm³/mol. The topological polar surface area (TPSA) is 40.6 Å². The number of rotatable bonds is 5. The van der Waals surface area contributed by atoms with E-state index in [2.05, 4.69) is 66.3 Å². The maximum absolute atomic E-state index is 5.46. The molecule has 1 fully saturated rings. The highest BCUT2D eigenvalue weighted by molar-refractivity contribution is 5.96. The Kier molecular flexibility index (Phi) is 5.58. The van der Waals surface area contributed by atoms with Gasteiger partial charge in [0.2, 0.25) is 0 Å². The molecule has 1 N–H and O–H groups in total. The number of piperazine rings is 1. The van der Waals surface area contributed by atoms with Crippen molar-refractivity contribution in [3.63, 3.8) is 0 Å². The Bertz CT molecular complexity index is 992. The van der Waals surface area contributed by atoms with Crippen LogP contribution in [0.4, 0.5) is 17.1 Å². The Morgan fingerprint density at radius 2 is 1.76 bits per heavy atom. The van der Waals surface area contributed by atoms with E-state index in [9.17, 15) is 0 Å². The molecule has 5 nitrogen and oxygen atoms in total. The van der Waals surface area contributed by atoms with Crippen molar-refractivity contribution in [2.24, 2.45) is 0 Å². The minimum Gasteiger partial charge on any atom is -0.497 e. The molecule has 1 saturated heterocycles.